The summed E-state index contributed by atoms with van der Waals surface area (Å²) >= 11 is 0. The standard InChI is InChI=1S/C28H30N2O3/c1-21(2)17-18-29-28(32)24-14-11-23(12-15-24)20-30-27(31)16-13-22-7-6-10-26(19-22)33-25-8-4-3-5-9-25/h3-16,19,21H,17-18,20H2,1-2H3,(H,29,32)(H,30,31)/b16-13+. The summed E-state index contributed by atoms with van der Waals surface area (Å²) in [4.78, 5) is 24.4. The SMILES string of the molecule is CC(C)CCNC(=O)c1ccc(CNC(=O)/C=C/c2cccc(Oc3ccccc3)c2)cc1. The predicted molar refractivity (Wildman–Crippen MR) is 132 cm³/mol. The van der Waals surface area contributed by atoms with Crippen molar-refractivity contribution < 1.29 is 14.3 Å². The molecule has 0 unspecified atom stereocenters. The highest BCUT2D eigenvalue weighted by molar-refractivity contribution is 5.94. The Kier molecular flexibility index (Phi) is 8.83. The molecule has 0 radical (unpaired) electrons. The molecule has 0 atom stereocenters. The van der Waals surface area contributed by atoms with Gasteiger partial charge in [0.05, 0.1) is 0 Å². The van der Waals surface area contributed by atoms with Crippen molar-refractivity contribution in [2.24, 2.45) is 5.92 Å². The first kappa shape index (κ1) is 23.8. The zero-order valence-corrected chi connectivity index (χ0v) is 19.1. The first-order valence-electron chi connectivity index (χ1n) is 11.2. The molecule has 0 saturated heterocycles. The molecule has 0 bridgehead atoms. The van der Waals surface area contributed by atoms with Crippen LogP contribution in [0.15, 0.2) is 84.9 Å². The molecule has 0 aliphatic heterocycles. The highest BCUT2D eigenvalue weighted by Crippen LogP contribution is 2.22. The molecule has 2 N–H and O–H groups in total. The summed E-state index contributed by atoms with van der Waals surface area (Å²) in [7, 11) is 0. The number of nitrogens with one attached hydrogen (secondary N) is 2. The number of para-hydroxylation sites is 1. The molecule has 3 aromatic carbocycles. The van der Waals surface area contributed by atoms with Crippen LogP contribution in [0.1, 0.15) is 41.8 Å². The van der Waals surface area contributed by atoms with E-state index in [1.54, 1.807) is 18.2 Å². The Morgan fingerprint density at radius 3 is 2.33 bits per heavy atom. The van der Waals surface area contributed by atoms with E-state index in [9.17, 15) is 9.59 Å². The summed E-state index contributed by atoms with van der Waals surface area (Å²) < 4.78 is 5.83. The molecule has 170 valence electrons. The molecular formula is C28H30N2O3. The highest BCUT2D eigenvalue weighted by atomic mass is 16.5. The first-order chi connectivity index (χ1) is 16.0. The van der Waals surface area contributed by atoms with Crippen LogP contribution < -0.4 is 15.4 Å². The Balaban J connectivity index is 1.47. The molecule has 3 aromatic rings. The van der Waals surface area contributed by atoms with E-state index >= 15 is 0 Å². The molecule has 2 amide bonds. The normalized spacial score (nSPS) is 10.9. The topological polar surface area (TPSA) is 67.4 Å². The second-order valence-corrected chi connectivity index (χ2v) is 8.17. The smallest absolute Gasteiger partial charge is 0.251 e. The molecule has 0 aliphatic rings. The van der Waals surface area contributed by atoms with Gasteiger partial charge in [0.1, 0.15) is 11.5 Å². The maximum absolute atomic E-state index is 12.2. The Hall–Kier alpha value is -3.86. The lowest BCUT2D eigenvalue weighted by atomic mass is 10.1. The van der Waals surface area contributed by atoms with Crippen LogP contribution in [0.2, 0.25) is 0 Å². The number of amides is 2. The van der Waals surface area contributed by atoms with Crippen molar-refractivity contribution >= 4 is 17.9 Å². The van der Waals surface area contributed by atoms with Gasteiger partial charge in [0.25, 0.3) is 5.91 Å². The first-order valence-corrected chi connectivity index (χ1v) is 11.2. The molecular weight excluding hydrogens is 412 g/mol. The summed E-state index contributed by atoms with van der Waals surface area (Å²) in [6, 6.07) is 24.4. The Morgan fingerprint density at radius 2 is 1.61 bits per heavy atom. The van der Waals surface area contributed by atoms with Gasteiger partial charge in [-0.25, -0.2) is 0 Å². The molecule has 3 rings (SSSR count). The van der Waals surface area contributed by atoms with E-state index in [-0.39, 0.29) is 11.8 Å². The number of rotatable bonds is 10. The Labute approximate surface area is 195 Å². The number of carbonyl (C=O) groups is 2. The minimum atomic E-state index is -0.195. The van der Waals surface area contributed by atoms with Gasteiger partial charge in [0.2, 0.25) is 5.91 Å². The third-order valence-corrected chi connectivity index (χ3v) is 4.95. The molecule has 33 heavy (non-hydrogen) atoms. The van der Waals surface area contributed by atoms with E-state index in [0.29, 0.717) is 30.3 Å². The van der Waals surface area contributed by atoms with Gasteiger partial charge in [0.15, 0.2) is 0 Å². The molecule has 0 spiro atoms. The monoisotopic (exact) mass is 442 g/mol. The van der Waals surface area contributed by atoms with Gasteiger partial charge < -0.3 is 15.4 Å². The third-order valence-electron chi connectivity index (χ3n) is 4.95. The van der Waals surface area contributed by atoms with Crippen molar-refractivity contribution in [2.45, 2.75) is 26.8 Å². The third kappa shape index (κ3) is 8.30. The van der Waals surface area contributed by atoms with Gasteiger partial charge in [-0.2, -0.15) is 0 Å². The molecule has 0 aromatic heterocycles. The summed E-state index contributed by atoms with van der Waals surface area (Å²) in [5.74, 6) is 1.75. The molecule has 5 nitrogen and oxygen atoms in total. The summed E-state index contributed by atoms with van der Waals surface area (Å²) in [6.45, 7) is 5.31. The lowest BCUT2D eigenvalue weighted by Gasteiger charge is -2.08. The van der Waals surface area contributed by atoms with Crippen molar-refractivity contribution in [3.05, 3.63) is 102 Å². The van der Waals surface area contributed by atoms with Gasteiger partial charge >= 0.3 is 0 Å². The lowest BCUT2D eigenvalue weighted by Crippen LogP contribution is -2.25. The number of carbonyl (C=O) groups excluding carboxylic acids is 2. The second-order valence-electron chi connectivity index (χ2n) is 8.17. The quantitative estimate of drug-likeness (QED) is 0.403. The van der Waals surface area contributed by atoms with E-state index < -0.39 is 0 Å². The summed E-state index contributed by atoms with van der Waals surface area (Å²) in [5.41, 5.74) is 2.41. The van der Waals surface area contributed by atoms with E-state index in [0.717, 1.165) is 23.3 Å². The number of ether oxygens (including phenoxy) is 1. The van der Waals surface area contributed by atoms with Crippen LogP contribution in [-0.4, -0.2) is 18.4 Å². The van der Waals surface area contributed by atoms with Crippen LogP contribution in [0, 0.1) is 5.92 Å². The van der Waals surface area contributed by atoms with Gasteiger partial charge in [-0.3, -0.25) is 9.59 Å². The van der Waals surface area contributed by atoms with Crippen molar-refractivity contribution in [1.82, 2.24) is 10.6 Å². The Morgan fingerprint density at radius 1 is 0.879 bits per heavy atom. The van der Waals surface area contributed by atoms with Crippen LogP contribution >= 0.6 is 0 Å². The molecule has 0 fully saturated rings. The largest absolute Gasteiger partial charge is 0.457 e. The highest BCUT2D eigenvalue weighted by Gasteiger charge is 2.06. The van der Waals surface area contributed by atoms with Crippen molar-refractivity contribution in [3.63, 3.8) is 0 Å². The maximum Gasteiger partial charge on any atom is 0.251 e. The van der Waals surface area contributed by atoms with Crippen LogP contribution in [0.4, 0.5) is 0 Å². The zero-order valence-electron chi connectivity index (χ0n) is 19.1. The fourth-order valence-electron chi connectivity index (χ4n) is 3.08. The van der Waals surface area contributed by atoms with Gasteiger partial charge in [-0.15, -0.1) is 0 Å². The van der Waals surface area contributed by atoms with E-state index in [2.05, 4.69) is 24.5 Å². The number of hydrogen-bond donors (Lipinski definition) is 2. The lowest BCUT2D eigenvalue weighted by molar-refractivity contribution is -0.116. The van der Waals surface area contributed by atoms with Crippen molar-refractivity contribution in [2.75, 3.05) is 6.54 Å². The molecule has 0 heterocycles. The second kappa shape index (κ2) is 12.2. The fourth-order valence-corrected chi connectivity index (χ4v) is 3.08. The molecule has 0 saturated carbocycles. The van der Waals surface area contributed by atoms with Gasteiger partial charge in [0, 0.05) is 24.7 Å². The number of hydrogen-bond acceptors (Lipinski definition) is 3. The van der Waals surface area contributed by atoms with E-state index in [4.69, 9.17) is 4.74 Å². The van der Waals surface area contributed by atoms with E-state index in [1.807, 2.05) is 66.7 Å². The van der Waals surface area contributed by atoms with Crippen LogP contribution in [-0.2, 0) is 11.3 Å². The van der Waals surface area contributed by atoms with E-state index in [1.165, 1.54) is 6.08 Å². The average Bonchev–Trinajstić information content (AvgIpc) is 2.82. The fraction of sp³-hybridized carbons (Fsp3) is 0.214. The zero-order chi connectivity index (χ0) is 23.5. The Bertz CT molecular complexity index is 1070. The summed E-state index contributed by atoms with van der Waals surface area (Å²) in [6.07, 6.45) is 4.20. The average molecular weight is 443 g/mol. The van der Waals surface area contributed by atoms with Crippen LogP contribution in [0.5, 0.6) is 11.5 Å². The molecule has 5 heteroatoms. The van der Waals surface area contributed by atoms with Gasteiger partial charge in [-0.05, 0) is 65.9 Å². The minimum Gasteiger partial charge on any atom is -0.457 e. The van der Waals surface area contributed by atoms with Crippen molar-refractivity contribution in [3.8, 4) is 11.5 Å². The molecule has 0 aliphatic carbocycles. The van der Waals surface area contributed by atoms with Crippen LogP contribution in [0.25, 0.3) is 6.08 Å². The van der Waals surface area contributed by atoms with Crippen molar-refractivity contribution in [1.29, 1.82) is 0 Å². The maximum atomic E-state index is 12.2. The van der Waals surface area contributed by atoms with Crippen LogP contribution in [0.3, 0.4) is 0 Å². The predicted octanol–water partition coefficient (Wildman–Crippen LogP) is 5.58. The number of benzene rings is 3. The summed E-state index contributed by atoms with van der Waals surface area (Å²) in [5, 5.41) is 5.78. The minimum absolute atomic E-state index is 0.0763. The van der Waals surface area contributed by atoms with Gasteiger partial charge in [-0.1, -0.05) is 56.3 Å².